The van der Waals surface area contributed by atoms with Crippen molar-refractivity contribution >= 4 is 39.3 Å². The Hall–Kier alpha value is -2.77. The van der Waals surface area contributed by atoms with E-state index >= 15 is 0 Å². The van der Waals surface area contributed by atoms with Crippen molar-refractivity contribution in [3.8, 4) is 11.5 Å². The second-order valence-corrected chi connectivity index (χ2v) is 9.40. The molecular weight excluding hydrogens is 510 g/mol. The van der Waals surface area contributed by atoms with E-state index in [9.17, 15) is 14.7 Å². The molecule has 1 aliphatic carbocycles. The largest absolute Gasteiger partial charge is 0.503 e. The first-order valence-corrected chi connectivity index (χ1v) is 11.6. The maximum atomic E-state index is 13.5. The zero-order chi connectivity index (χ0) is 23.9. The van der Waals surface area contributed by atoms with E-state index in [1.54, 1.807) is 19.1 Å². The van der Waals surface area contributed by atoms with Crippen molar-refractivity contribution in [2.24, 2.45) is 0 Å². The second kappa shape index (κ2) is 9.23. The molecule has 0 bridgehead atoms. The first kappa shape index (κ1) is 23.4. The lowest BCUT2D eigenvalue weighted by Crippen LogP contribution is -2.36. The predicted molar refractivity (Wildman–Crippen MR) is 128 cm³/mol. The van der Waals surface area contributed by atoms with E-state index in [2.05, 4.69) is 21.2 Å². The molecule has 8 heteroatoms. The molecule has 0 radical (unpaired) electrons. The summed E-state index contributed by atoms with van der Waals surface area (Å²) < 4.78 is 10.8. The van der Waals surface area contributed by atoms with Crippen LogP contribution in [0.4, 0.5) is 0 Å². The number of halogens is 2. The number of nitrogens with one attached hydrogen (secondary N) is 1. The van der Waals surface area contributed by atoms with Crippen LogP contribution < -0.4 is 10.1 Å². The number of Topliss-reactive ketones (excluding diaryl/α,β-unsaturated/α-hetero) is 1. The third kappa shape index (κ3) is 4.27. The van der Waals surface area contributed by atoms with Gasteiger partial charge in [-0.05, 0) is 70.6 Å². The van der Waals surface area contributed by atoms with Gasteiger partial charge in [0.15, 0.2) is 17.3 Å². The number of carbonyl (C=O) groups excluding carboxylic acids is 2. The molecule has 33 heavy (non-hydrogen) atoms. The fraction of sp³-hybridized carbons (Fsp3) is 0.280. The van der Waals surface area contributed by atoms with Crippen molar-refractivity contribution in [1.82, 2.24) is 5.32 Å². The maximum absolute atomic E-state index is 13.5. The number of carbonyl (C=O) groups is 2. The molecular formula is C25H23BrClNO5. The van der Waals surface area contributed by atoms with E-state index in [-0.39, 0.29) is 23.2 Å². The van der Waals surface area contributed by atoms with Gasteiger partial charge in [0.05, 0.1) is 24.3 Å². The zero-order valence-corrected chi connectivity index (χ0v) is 20.7. The molecule has 0 saturated carbocycles. The smallest absolute Gasteiger partial charge is 0.336 e. The molecule has 172 valence electrons. The summed E-state index contributed by atoms with van der Waals surface area (Å²) in [4.78, 5) is 26.3. The summed E-state index contributed by atoms with van der Waals surface area (Å²) in [6, 6.07) is 10.9. The van der Waals surface area contributed by atoms with Crippen LogP contribution in [-0.2, 0) is 14.3 Å². The van der Waals surface area contributed by atoms with Gasteiger partial charge in [0.25, 0.3) is 0 Å². The van der Waals surface area contributed by atoms with Crippen LogP contribution >= 0.6 is 27.5 Å². The Balaban J connectivity index is 1.85. The number of hydrogen-bond donors (Lipinski definition) is 2. The number of esters is 1. The van der Waals surface area contributed by atoms with Gasteiger partial charge in [0.1, 0.15) is 0 Å². The summed E-state index contributed by atoms with van der Waals surface area (Å²) in [7, 11) is 2.76. The highest BCUT2D eigenvalue weighted by Gasteiger charge is 2.41. The van der Waals surface area contributed by atoms with Gasteiger partial charge < -0.3 is 19.9 Å². The van der Waals surface area contributed by atoms with Crippen LogP contribution in [0.2, 0.25) is 5.02 Å². The first-order chi connectivity index (χ1) is 15.7. The van der Waals surface area contributed by atoms with E-state index in [0.29, 0.717) is 44.7 Å². The Bertz CT molecular complexity index is 1200. The number of ketones is 1. The minimum Gasteiger partial charge on any atom is -0.503 e. The number of dihydropyridines is 1. The number of methoxy groups -OCH3 is 2. The van der Waals surface area contributed by atoms with Gasteiger partial charge in [-0.15, -0.1) is 0 Å². The molecule has 2 N–H and O–H groups in total. The van der Waals surface area contributed by atoms with Crippen LogP contribution in [0.3, 0.4) is 0 Å². The predicted octanol–water partition coefficient (Wildman–Crippen LogP) is 5.35. The molecule has 0 fully saturated rings. The molecule has 2 atom stereocenters. The van der Waals surface area contributed by atoms with Gasteiger partial charge in [0, 0.05) is 34.3 Å². The fourth-order valence-corrected chi connectivity index (χ4v) is 5.23. The summed E-state index contributed by atoms with van der Waals surface area (Å²) in [6.07, 6.45) is 0.921. The average Bonchev–Trinajstić information content (AvgIpc) is 2.79. The average molecular weight is 533 g/mol. The van der Waals surface area contributed by atoms with Crippen LogP contribution in [0.1, 0.15) is 42.7 Å². The molecule has 0 spiro atoms. The SMILES string of the molecule is COC(=O)C1=C(C)NC2=C(C(=O)C[C@H](c3ccc(Cl)cc3)C2)[C@H]1c1cc(Br)c(O)c(OC)c1. The summed E-state index contributed by atoms with van der Waals surface area (Å²) in [5.41, 5.74) is 3.97. The molecule has 1 aliphatic heterocycles. The fourth-order valence-electron chi connectivity index (χ4n) is 4.64. The van der Waals surface area contributed by atoms with E-state index in [1.807, 2.05) is 24.3 Å². The van der Waals surface area contributed by atoms with Crippen molar-refractivity contribution in [2.45, 2.75) is 31.6 Å². The monoisotopic (exact) mass is 531 g/mol. The molecule has 2 aliphatic rings. The molecule has 2 aromatic rings. The van der Waals surface area contributed by atoms with E-state index in [1.165, 1.54) is 14.2 Å². The van der Waals surface area contributed by atoms with Crippen molar-refractivity contribution in [2.75, 3.05) is 14.2 Å². The Morgan fingerprint density at radius 3 is 2.48 bits per heavy atom. The second-order valence-electron chi connectivity index (χ2n) is 8.11. The molecule has 0 amide bonds. The number of aromatic hydroxyl groups is 1. The molecule has 1 heterocycles. The number of hydrogen-bond acceptors (Lipinski definition) is 6. The minimum absolute atomic E-state index is 0.00441. The molecule has 0 unspecified atom stereocenters. The lowest BCUT2D eigenvalue weighted by molar-refractivity contribution is -0.136. The highest BCUT2D eigenvalue weighted by molar-refractivity contribution is 9.10. The third-order valence-electron chi connectivity index (χ3n) is 6.18. The Labute approximate surface area is 205 Å². The number of ether oxygens (including phenoxy) is 2. The van der Waals surface area contributed by atoms with Crippen LogP contribution in [-0.4, -0.2) is 31.1 Å². The summed E-state index contributed by atoms with van der Waals surface area (Å²) in [5.74, 6) is -1.04. The molecule has 4 rings (SSSR count). The van der Waals surface area contributed by atoms with Crippen LogP contribution in [0, 0.1) is 0 Å². The van der Waals surface area contributed by atoms with Crippen LogP contribution in [0.15, 0.2) is 63.4 Å². The lowest BCUT2D eigenvalue weighted by atomic mass is 9.71. The highest BCUT2D eigenvalue weighted by Crippen LogP contribution is 2.48. The van der Waals surface area contributed by atoms with Crippen molar-refractivity contribution in [1.29, 1.82) is 0 Å². The van der Waals surface area contributed by atoms with Crippen molar-refractivity contribution in [3.63, 3.8) is 0 Å². The van der Waals surface area contributed by atoms with Gasteiger partial charge >= 0.3 is 5.97 Å². The van der Waals surface area contributed by atoms with E-state index in [0.717, 1.165) is 11.3 Å². The van der Waals surface area contributed by atoms with Gasteiger partial charge in [-0.25, -0.2) is 4.79 Å². The highest BCUT2D eigenvalue weighted by atomic mass is 79.9. The molecule has 2 aromatic carbocycles. The minimum atomic E-state index is -0.654. The number of phenolic OH excluding ortho intramolecular Hbond substituents is 1. The number of allylic oxidation sites excluding steroid dienone is 3. The number of rotatable bonds is 4. The first-order valence-electron chi connectivity index (χ1n) is 10.4. The zero-order valence-electron chi connectivity index (χ0n) is 18.4. The number of benzene rings is 2. The van der Waals surface area contributed by atoms with Crippen LogP contribution in [0.5, 0.6) is 11.5 Å². The summed E-state index contributed by atoms with van der Waals surface area (Å²) in [5, 5.41) is 14.2. The molecule has 6 nitrogen and oxygen atoms in total. The Morgan fingerprint density at radius 1 is 1.15 bits per heavy atom. The maximum Gasteiger partial charge on any atom is 0.336 e. The van der Waals surface area contributed by atoms with Crippen molar-refractivity contribution < 1.29 is 24.2 Å². The van der Waals surface area contributed by atoms with E-state index < -0.39 is 11.9 Å². The third-order valence-corrected chi connectivity index (χ3v) is 7.03. The number of phenols is 1. The lowest BCUT2D eigenvalue weighted by Gasteiger charge is -2.36. The van der Waals surface area contributed by atoms with Gasteiger partial charge in [-0.2, -0.15) is 0 Å². The van der Waals surface area contributed by atoms with Gasteiger partial charge in [-0.3, -0.25) is 4.79 Å². The van der Waals surface area contributed by atoms with Gasteiger partial charge in [0.2, 0.25) is 0 Å². The summed E-state index contributed by atoms with van der Waals surface area (Å²) in [6.45, 7) is 1.80. The summed E-state index contributed by atoms with van der Waals surface area (Å²) >= 11 is 9.39. The molecule has 0 aromatic heterocycles. The Morgan fingerprint density at radius 2 is 1.85 bits per heavy atom. The van der Waals surface area contributed by atoms with Gasteiger partial charge in [-0.1, -0.05) is 23.7 Å². The van der Waals surface area contributed by atoms with Crippen molar-refractivity contribution in [3.05, 3.63) is 79.6 Å². The Kier molecular flexibility index (Phi) is 6.54. The quantitative estimate of drug-likeness (QED) is 0.516. The van der Waals surface area contributed by atoms with Crippen LogP contribution in [0.25, 0.3) is 0 Å². The normalized spacial score (nSPS) is 20.3. The molecule has 0 saturated heterocycles. The topological polar surface area (TPSA) is 84.9 Å². The standard InChI is InChI=1S/C25H23BrClNO5/c1-12-21(25(31)33-3)22(15-8-17(26)24(30)20(11-15)32-2)23-18(28-12)9-14(10-19(23)29)13-4-6-16(27)7-5-13/h4-8,11,14,22,28,30H,9-10H2,1-3H3/t14-,22+/m1/s1. The van der Waals surface area contributed by atoms with E-state index in [4.69, 9.17) is 21.1 Å².